The first-order valence-electron chi connectivity index (χ1n) is 6.10. The summed E-state index contributed by atoms with van der Waals surface area (Å²) < 4.78 is 38.7. The van der Waals surface area contributed by atoms with Crippen LogP contribution in [0.25, 0.3) is 10.2 Å². The van der Waals surface area contributed by atoms with Gasteiger partial charge in [-0.25, -0.2) is 4.98 Å². The van der Waals surface area contributed by atoms with Crippen molar-refractivity contribution < 1.29 is 13.2 Å². The number of fused-ring (bicyclic) bond motifs is 1. The van der Waals surface area contributed by atoms with Gasteiger partial charge in [-0.15, -0.1) is 0 Å². The molecule has 3 rings (SSSR count). The largest absolute Gasteiger partial charge is 0.416 e. The highest BCUT2D eigenvalue weighted by molar-refractivity contribution is 7.22. The maximum absolute atomic E-state index is 12.7. The highest BCUT2D eigenvalue weighted by Gasteiger charge is 2.30. The molecule has 0 saturated carbocycles. The number of benzene rings is 1. The molecule has 0 amide bonds. The van der Waals surface area contributed by atoms with Crippen molar-refractivity contribution in [2.75, 3.05) is 5.32 Å². The van der Waals surface area contributed by atoms with Crippen molar-refractivity contribution in [3.05, 3.63) is 47.8 Å². The van der Waals surface area contributed by atoms with E-state index in [4.69, 9.17) is 0 Å². The number of nitrogens with zero attached hydrogens (tertiary/aromatic N) is 2. The number of nitrogens with one attached hydrogen (secondary N) is 1. The van der Waals surface area contributed by atoms with Crippen molar-refractivity contribution in [1.29, 1.82) is 0 Å². The lowest BCUT2D eigenvalue weighted by molar-refractivity contribution is -0.137. The second kappa shape index (κ2) is 5.00. The fraction of sp³-hybridized carbons (Fsp3) is 0.143. The van der Waals surface area contributed by atoms with E-state index in [1.165, 1.54) is 17.4 Å². The predicted octanol–water partition coefficient (Wildman–Crippen LogP) is 4.76. The molecule has 7 heteroatoms. The number of rotatable bonds is 2. The van der Waals surface area contributed by atoms with E-state index in [0.717, 1.165) is 23.5 Å². The average molecular weight is 309 g/mol. The lowest BCUT2D eigenvalue weighted by Crippen LogP contribution is -2.03. The van der Waals surface area contributed by atoms with Gasteiger partial charge in [0.1, 0.15) is 0 Å². The van der Waals surface area contributed by atoms with Gasteiger partial charge in [-0.1, -0.05) is 11.3 Å². The first-order valence-corrected chi connectivity index (χ1v) is 6.91. The maximum Gasteiger partial charge on any atom is 0.416 e. The number of aryl methyl sites for hydroxylation is 1. The molecule has 108 valence electrons. The topological polar surface area (TPSA) is 37.8 Å². The van der Waals surface area contributed by atoms with Crippen LogP contribution in [0, 0.1) is 6.92 Å². The minimum atomic E-state index is -4.36. The molecule has 0 saturated heterocycles. The molecule has 0 radical (unpaired) electrons. The third kappa shape index (κ3) is 2.82. The number of anilines is 2. The third-order valence-electron chi connectivity index (χ3n) is 2.96. The Balaban J connectivity index is 1.96. The molecule has 0 unspecified atom stereocenters. The molecule has 1 aromatic carbocycles. The van der Waals surface area contributed by atoms with Crippen molar-refractivity contribution >= 4 is 32.4 Å². The van der Waals surface area contributed by atoms with Crippen LogP contribution in [-0.2, 0) is 6.18 Å². The summed E-state index contributed by atoms with van der Waals surface area (Å²) in [7, 11) is 0. The molecule has 0 atom stereocenters. The Bertz CT molecular complexity index is 796. The summed E-state index contributed by atoms with van der Waals surface area (Å²) in [6, 6.07) is 7.20. The number of pyridine rings is 1. The zero-order valence-corrected chi connectivity index (χ0v) is 11.7. The Morgan fingerprint density at radius 2 is 2.00 bits per heavy atom. The van der Waals surface area contributed by atoms with Gasteiger partial charge in [0.15, 0.2) is 5.13 Å². The molecule has 3 aromatic rings. The molecule has 0 aliphatic heterocycles. The molecule has 21 heavy (non-hydrogen) atoms. The summed E-state index contributed by atoms with van der Waals surface area (Å²) in [5, 5.41) is 3.63. The van der Waals surface area contributed by atoms with E-state index in [2.05, 4.69) is 15.3 Å². The second-order valence-electron chi connectivity index (χ2n) is 4.46. The zero-order valence-electron chi connectivity index (χ0n) is 10.9. The van der Waals surface area contributed by atoms with E-state index in [0.29, 0.717) is 15.3 Å². The first-order chi connectivity index (χ1) is 9.93. The normalized spacial score (nSPS) is 11.8. The Kier molecular flexibility index (Phi) is 3.29. The van der Waals surface area contributed by atoms with Gasteiger partial charge in [0.25, 0.3) is 0 Å². The van der Waals surface area contributed by atoms with Gasteiger partial charge < -0.3 is 5.32 Å². The molecule has 0 bridgehead atoms. The Morgan fingerprint density at radius 3 is 2.71 bits per heavy atom. The van der Waals surface area contributed by atoms with Crippen LogP contribution in [0.2, 0.25) is 0 Å². The fourth-order valence-electron chi connectivity index (χ4n) is 1.89. The van der Waals surface area contributed by atoms with E-state index in [1.54, 1.807) is 12.3 Å². The van der Waals surface area contributed by atoms with Gasteiger partial charge in [-0.05, 0) is 37.3 Å². The summed E-state index contributed by atoms with van der Waals surface area (Å²) >= 11 is 1.30. The summed E-state index contributed by atoms with van der Waals surface area (Å²) in [4.78, 5) is 8.34. The van der Waals surface area contributed by atoms with Crippen LogP contribution in [0.4, 0.5) is 24.0 Å². The number of aromatic nitrogens is 2. The number of hydrogen-bond acceptors (Lipinski definition) is 4. The van der Waals surface area contributed by atoms with Crippen molar-refractivity contribution in [2.45, 2.75) is 13.1 Å². The number of alkyl halides is 3. The van der Waals surface area contributed by atoms with Gasteiger partial charge >= 0.3 is 6.18 Å². The quantitative estimate of drug-likeness (QED) is 0.741. The highest BCUT2D eigenvalue weighted by atomic mass is 32.1. The van der Waals surface area contributed by atoms with Crippen molar-refractivity contribution in [3.63, 3.8) is 0 Å². The minimum Gasteiger partial charge on any atom is -0.330 e. The highest BCUT2D eigenvalue weighted by Crippen LogP contribution is 2.34. The molecule has 1 N–H and O–H groups in total. The van der Waals surface area contributed by atoms with Crippen molar-refractivity contribution in [3.8, 4) is 0 Å². The fourth-order valence-corrected chi connectivity index (χ4v) is 2.75. The molecular weight excluding hydrogens is 299 g/mol. The molecule has 0 aliphatic carbocycles. The molecule has 0 aliphatic rings. The van der Waals surface area contributed by atoms with Crippen LogP contribution in [-0.4, -0.2) is 9.97 Å². The van der Waals surface area contributed by atoms with Crippen molar-refractivity contribution in [1.82, 2.24) is 9.97 Å². The van der Waals surface area contributed by atoms with E-state index in [1.807, 2.05) is 13.0 Å². The maximum atomic E-state index is 12.7. The van der Waals surface area contributed by atoms with Gasteiger partial charge in [0.2, 0.25) is 0 Å². The number of halogens is 3. The molecular formula is C14H10F3N3S. The SMILES string of the molecule is Cc1ncccc1Nc1nc2cc(C(F)(F)F)ccc2s1. The van der Waals surface area contributed by atoms with Crippen LogP contribution >= 0.6 is 11.3 Å². The zero-order chi connectivity index (χ0) is 15.0. The monoisotopic (exact) mass is 309 g/mol. The van der Waals surface area contributed by atoms with Crippen LogP contribution in [0.5, 0.6) is 0 Å². The summed E-state index contributed by atoms with van der Waals surface area (Å²) in [6.07, 6.45) is -2.68. The standard InChI is InChI=1S/C14H10F3N3S/c1-8-10(3-2-6-18-8)19-13-20-11-7-9(14(15,16)17)4-5-12(11)21-13/h2-7H,1H3,(H,19,20). The van der Waals surface area contributed by atoms with Gasteiger partial charge in [0, 0.05) is 6.20 Å². The van der Waals surface area contributed by atoms with Crippen LogP contribution in [0.1, 0.15) is 11.3 Å². The lowest BCUT2D eigenvalue weighted by Gasteiger charge is -2.05. The first kappa shape index (κ1) is 13.8. The van der Waals surface area contributed by atoms with Crippen LogP contribution in [0.3, 0.4) is 0 Å². The van der Waals surface area contributed by atoms with Crippen LogP contribution in [0.15, 0.2) is 36.5 Å². The Hall–Kier alpha value is -2.15. The van der Waals surface area contributed by atoms with E-state index in [9.17, 15) is 13.2 Å². The average Bonchev–Trinajstić information content (AvgIpc) is 2.81. The summed E-state index contributed by atoms with van der Waals surface area (Å²) in [5.41, 5.74) is 1.23. The summed E-state index contributed by atoms with van der Waals surface area (Å²) in [6.45, 7) is 1.84. The third-order valence-corrected chi connectivity index (χ3v) is 3.92. The van der Waals surface area contributed by atoms with Gasteiger partial charge in [-0.3, -0.25) is 4.98 Å². The van der Waals surface area contributed by atoms with Crippen LogP contribution < -0.4 is 5.32 Å². The Morgan fingerprint density at radius 1 is 1.19 bits per heavy atom. The number of thiazole rings is 1. The minimum absolute atomic E-state index is 0.332. The predicted molar refractivity (Wildman–Crippen MR) is 76.9 cm³/mol. The van der Waals surface area contributed by atoms with Gasteiger partial charge in [-0.2, -0.15) is 13.2 Å². The Labute approximate surface area is 122 Å². The smallest absolute Gasteiger partial charge is 0.330 e. The molecule has 0 spiro atoms. The molecule has 0 fully saturated rings. The number of hydrogen-bond donors (Lipinski definition) is 1. The van der Waals surface area contributed by atoms with E-state index >= 15 is 0 Å². The van der Waals surface area contributed by atoms with E-state index in [-0.39, 0.29) is 0 Å². The van der Waals surface area contributed by atoms with Gasteiger partial charge in [0.05, 0.1) is 27.2 Å². The molecule has 2 heterocycles. The second-order valence-corrected chi connectivity index (χ2v) is 5.49. The van der Waals surface area contributed by atoms with E-state index < -0.39 is 11.7 Å². The molecule has 3 nitrogen and oxygen atoms in total. The lowest BCUT2D eigenvalue weighted by atomic mass is 10.2. The van der Waals surface area contributed by atoms with Crippen molar-refractivity contribution in [2.24, 2.45) is 0 Å². The molecule has 2 aromatic heterocycles. The summed E-state index contributed by atoms with van der Waals surface area (Å²) in [5.74, 6) is 0.